The van der Waals surface area contributed by atoms with E-state index >= 15 is 0 Å². The number of carbonyl (C=O) groups excluding carboxylic acids is 1. The second-order valence-electron chi connectivity index (χ2n) is 6.83. The van der Waals surface area contributed by atoms with Crippen LogP contribution in [0.3, 0.4) is 0 Å². The quantitative estimate of drug-likeness (QED) is 0.872. The van der Waals surface area contributed by atoms with Crippen LogP contribution in [-0.2, 0) is 19.4 Å². The van der Waals surface area contributed by atoms with Gasteiger partial charge < -0.3 is 5.32 Å². The van der Waals surface area contributed by atoms with Crippen LogP contribution in [0.4, 0.5) is 5.69 Å². The molecule has 0 saturated carbocycles. The summed E-state index contributed by atoms with van der Waals surface area (Å²) in [5, 5.41) is 3.36. The smallest absolute Gasteiger partial charge is 0.179 e. The summed E-state index contributed by atoms with van der Waals surface area (Å²) in [6.07, 6.45) is 2.91. The first-order valence-electron chi connectivity index (χ1n) is 8.98. The second-order valence-corrected chi connectivity index (χ2v) is 6.83. The van der Waals surface area contributed by atoms with Crippen molar-refractivity contribution in [2.24, 2.45) is 0 Å². The maximum Gasteiger partial charge on any atom is 0.179 e. The number of hydrogen-bond donors (Lipinski definition) is 1. The summed E-state index contributed by atoms with van der Waals surface area (Å²) < 4.78 is 0. The van der Waals surface area contributed by atoms with E-state index in [4.69, 9.17) is 0 Å². The molecule has 2 aliphatic heterocycles. The Hall–Kier alpha value is -2.13. The van der Waals surface area contributed by atoms with Crippen LogP contribution in [0.15, 0.2) is 42.5 Å². The van der Waals surface area contributed by atoms with E-state index < -0.39 is 0 Å². The highest BCUT2D eigenvalue weighted by molar-refractivity contribution is 6.00. The predicted octanol–water partition coefficient (Wildman–Crippen LogP) is 3.67. The Morgan fingerprint density at radius 2 is 1.96 bits per heavy atom. The molecular weight excluding hydrogens is 296 g/mol. The molecule has 0 radical (unpaired) electrons. The van der Waals surface area contributed by atoms with Gasteiger partial charge in [-0.2, -0.15) is 0 Å². The van der Waals surface area contributed by atoms with Gasteiger partial charge in [-0.25, -0.2) is 0 Å². The zero-order valence-electron chi connectivity index (χ0n) is 14.2. The van der Waals surface area contributed by atoms with Crippen LogP contribution < -0.4 is 5.32 Å². The molecule has 0 aliphatic carbocycles. The maximum atomic E-state index is 13.1. The fourth-order valence-electron chi connectivity index (χ4n) is 4.04. The van der Waals surface area contributed by atoms with Gasteiger partial charge in [0.05, 0.1) is 6.04 Å². The van der Waals surface area contributed by atoms with Gasteiger partial charge >= 0.3 is 0 Å². The summed E-state index contributed by atoms with van der Waals surface area (Å²) >= 11 is 0. The lowest BCUT2D eigenvalue weighted by Gasteiger charge is -2.34. The molecule has 2 aromatic rings. The summed E-state index contributed by atoms with van der Waals surface area (Å²) in [6.45, 7) is 4.95. The highest BCUT2D eigenvalue weighted by atomic mass is 16.1. The summed E-state index contributed by atoms with van der Waals surface area (Å²) in [7, 11) is 0. The number of rotatable bonds is 4. The molecule has 0 bridgehead atoms. The van der Waals surface area contributed by atoms with E-state index in [9.17, 15) is 4.79 Å². The summed E-state index contributed by atoms with van der Waals surface area (Å²) in [4.78, 5) is 15.5. The zero-order chi connectivity index (χ0) is 16.5. The van der Waals surface area contributed by atoms with E-state index in [0.29, 0.717) is 0 Å². The summed E-state index contributed by atoms with van der Waals surface area (Å²) in [6, 6.07) is 14.7. The molecule has 2 aromatic carbocycles. The van der Waals surface area contributed by atoms with Gasteiger partial charge in [0.2, 0.25) is 0 Å². The molecule has 124 valence electrons. The molecule has 1 atom stereocenters. The maximum absolute atomic E-state index is 13.1. The zero-order valence-corrected chi connectivity index (χ0v) is 14.2. The lowest BCUT2D eigenvalue weighted by molar-refractivity contribution is 0.0789. The average Bonchev–Trinajstić information content (AvgIpc) is 3.10. The largest absolute Gasteiger partial charge is 0.384 e. The number of nitrogens with one attached hydrogen (secondary N) is 1. The molecule has 0 saturated heterocycles. The minimum Gasteiger partial charge on any atom is -0.384 e. The molecule has 1 N–H and O–H groups in total. The van der Waals surface area contributed by atoms with Gasteiger partial charge in [-0.05, 0) is 54.2 Å². The van der Waals surface area contributed by atoms with Crippen LogP contribution in [0.1, 0.15) is 40.4 Å². The van der Waals surface area contributed by atoms with E-state index in [1.807, 2.05) is 6.07 Å². The number of benzene rings is 2. The molecule has 0 aromatic heterocycles. The number of carbonyl (C=O) groups is 1. The first-order chi connectivity index (χ1) is 11.8. The number of ketones is 1. The van der Waals surface area contributed by atoms with Gasteiger partial charge in [-0.15, -0.1) is 0 Å². The fourth-order valence-corrected chi connectivity index (χ4v) is 4.04. The Morgan fingerprint density at radius 3 is 2.79 bits per heavy atom. The van der Waals surface area contributed by atoms with Crippen LogP contribution in [0, 0.1) is 0 Å². The molecule has 4 rings (SSSR count). The van der Waals surface area contributed by atoms with E-state index in [-0.39, 0.29) is 11.8 Å². The Balaban J connectivity index is 1.56. The molecule has 3 nitrogen and oxygen atoms in total. The van der Waals surface area contributed by atoms with E-state index in [1.54, 1.807) is 0 Å². The summed E-state index contributed by atoms with van der Waals surface area (Å²) in [5.74, 6) is 0.270. The van der Waals surface area contributed by atoms with Crippen LogP contribution in [-0.4, -0.2) is 29.8 Å². The Kier molecular flexibility index (Phi) is 4.11. The minimum atomic E-state index is -0.0224. The molecule has 2 heterocycles. The molecule has 24 heavy (non-hydrogen) atoms. The van der Waals surface area contributed by atoms with Gasteiger partial charge in [0.1, 0.15) is 0 Å². The average molecular weight is 320 g/mol. The first-order valence-corrected chi connectivity index (χ1v) is 8.98. The topological polar surface area (TPSA) is 32.3 Å². The van der Waals surface area contributed by atoms with E-state index in [2.05, 4.69) is 53.5 Å². The van der Waals surface area contributed by atoms with Crippen molar-refractivity contribution in [3.8, 4) is 0 Å². The molecule has 0 amide bonds. The molecule has 1 unspecified atom stereocenters. The van der Waals surface area contributed by atoms with Crippen molar-refractivity contribution >= 4 is 11.5 Å². The van der Waals surface area contributed by atoms with Gasteiger partial charge in [-0.1, -0.05) is 31.2 Å². The third-order valence-corrected chi connectivity index (χ3v) is 5.39. The number of hydrogen-bond acceptors (Lipinski definition) is 3. The Bertz CT molecular complexity index is 768. The van der Waals surface area contributed by atoms with Crippen molar-refractivity contribution in [2.75, 3.05) is 18.4 Å². The molecule has 3 heteroatoms. The molecule has 0 fully saturated rings. The Morgan fingerprint density at radius 1 is 1.12 bits per heavy atom. The SMILES string of the molecule is CCC(C(=O)c1ccc2c(c1)CCN2)N1CCc2ccccc2C1. The number of anilines is 1. The van der Waals surface area contributed by atoms with Crippen LogP contribution >= 0.6 is 0 Å². The second kappa shape index (κ2) is 6.40. The predicted molar refractivity (Wildman–Crippen MR) is 97.6 cm³/mol. The highest BCUT2D eigenvalue weighted by Gasteiger charge is 2.28. The minimum absolute atomic E-state index is 0.0224. The van der Waals surface area contributed by atoms with Crippen molar-refractivity contribution < 1.29 is 4.79 Å². The van der Waals surface area contributed by atoms with Crippen LogP contribution in [0.25, 0.3) is 0 Å². The lowest BCUT2D eigenvalue weighted by Crippen LogP contribution is -2.43. The molecular formula is C21H24N2O. The van der Waals surface area contributed by atoms with Crippen molar-refractivity contribution in [1.82, 2.24) is 4.90 Å². The van der Waals surface area contributed by atoms with Crippen LogP contribution in [0.2, 0.25) is 0 Å². The van der Waals surface area contributed by atoms with Gasteiger partial charge in [0.15, 0.2) is 5.78 Å². The van der Waals surface area contributed by atoms with E-state index in [1.165, 1.54) is 22.4 Å². The normalized spacial score (nSPS) is 17.7. The summed E-state index contributed by atoms with van der Waals surface area (Å²) in [5.41, 5.74) is 6.13. The highest BCUT2D eigenvalue weighted by Crippen LogP contribution is 2.26. The lowest BCUT2D eigenvalue weighted by atomic mass is 9.94. The van der Waals surface area contributed by atoms with Crippen LogP contribution in [0.5, 0.6) is 0 Å². The van der Waals surface area contributed by atoms with Crippen molar-refractivity contribution in [3.05, 3.63) is 64.7 Å². The molecule has 2 aliphatic rings. The van der Waals surface area contributed by atoms with Gasteiger partial charge in [-0.3, -0.25) is 9.69 Å². The molecule has 0 spiro atoms. The monoisotopic (exact) mass is 320 g/mol. The standard InChI is InChI=1S/C21H24N2O/c1-2-20(23-12-10-15-5-3-4-6-18(15)14-23)21(24)17-7-8-19-16(13-17)9-11-22-19/h3-8,13,20,22H,2,9-12,14H2,1H3. The first kappa shape index (κ1) is 15.4. The number of fused-ring (bicyclic) bond motifs is 2. The fraction of sp³-hybridized carbons (Fsp3) is 0.381. The third kappa shape index (κ3) is 2.73. The third-order valence-electron chi connectivity index (χ3n) is 5.39. The van der Waals surface area contributed by atoms with Gasteiger partial charge in [0, 0.05) is 30.9 Å². The number of nitrogens with zero attached hydrogens (tertiary/aromatic N) is 1. The van der Waals surface area contributed by atoms with Gasteiger partial charge in [0.25, 0.3) is 0 Å². The Labute approximate surface area is 143 Å². The van der Waals surface area contributed by atoms with Crippen molar-refractivity contribution in [1.29, 1.82) is 0 Å². The van der Waals surface area contributed by atoms with E-state index in [0.717, 1.165) is 44.5 Å². The van der Waals surface area contributed by atoms with Crippen molar-refractivity contribution in [3.63, 3.8) is 0 Å². The van der Waals surface area contributed by atoms with Crippen molar-refractivity contribution in [2.45, 2.75) is 38.8 Å². The number of Topliss-reactive ketones (excluding diaryl/α,β-unsaturated/α-hetero) is 1.